The minimum absolute atomic E-state index is 0.354. The van der Waals surface area contributed by atoms with Gasteiger partial charge in [-0.1, -0.05) is 0 Å². The molecule has 0 bridgehead atoms. The van der Waals surface area contributed by atoms with Gasteiger partial charge in [-0.05, 0) is 33.6 Å². The number of benzene rings is 1. The minimum atomic E-state index is -0.354. The van der Waals surface area contributed by atoms with Gasteiger partial charge in [-0.25, -0.2) is 14.4 Å². The van der Waals surface area contributed by atoms with E-state index in [9.17, 15) is 4.39 Å². The lowest BCUT2D eigenvalue weighted by molar-refractivity contribution is 0.303. The van der Waals surface area contributed by atoms with Crippen LogP contribution in [0.3, 0.4) is 0 Å². The van der Waals surface area contributed by atoms with Crippen LogP contribution in [0.25, 0.3) is 22.7 Å². The Morgan fingerprint density at radius 1 is 1.35 bits per heavy atom. The molecule has 23 heavy (non-hydrogen) atoms. The second-order valence-electron chi connectivity index (χ2n) is 5.35. The van der Waals surface area contributed by atoms with Crippen LogP contribution in [-0.2, 0) is 7.05 Å². The van der Waals surface area contributed by atoms with Crippen molar-refractivity contribution in [1.82, 2.24) is 19.7 Å². The predicted octanol–water partition coefficient (Wildman–Crippen LogP) is 3.59. The van der Waals surface area contributed by atoms with Gasteiger partial charge in [0.1, 0.15) is 17.0 Å². The van der Waals surface area contributed by atoms with E-state index in [2.05, 4.69) is 31.0 Å². The minimum Gasteiger partial charge on any atom is -0.476 e. The Labute approximate surface area is 139 Å². The summed E-state index contributed by atoms with van der Waals surface area (Å²) in [7, 11) is 1.87. The number of hydrogen-bond acceptors (Lipinski definition) is 4. The molecule has 0 saturated carbocycles. The number of hydrogen-bond donors (Lipinski definition) is 0. The first kappa shape index (κ1) is 14.3. The Kier molecular flexibility index (Phi) is 3.37. The first-order valence-corrected chi connectivity index (χ1v) is 7.88. The Morgan fingerprint density at radius 2 is 2.22 bits per heavy atom. The maximum Gasteiger partial charge on any atom is 0.240 e. The number of halogens is 2. The van der Waals surface area contributed by atoms with E-state index >= 15 is 0 Å². The smallest absolute Gasteiger partial charge is 0.240 e. The second-order valence-corrected chi connectivity index (χ2v) is 6.20. The molecule has 1 aromatic carbocycles. The zero-order valence-corrected chi connectivity index (χ0v) is 13.8. The highest BCUT2D eigenvalue weighted by Crippen LogP contribution is 2.34. The lowest BCUT2D eigenvalue weighted by Gasteiger charge is -2.19. The zero-order chi connectivity index (χ0) is 16.0. The summed E-state index contributed by atoms with van der Waals surface area (Å²) in [5.41, 5.74) is 3.74. The maximum atomic E-state index is 13.6. The molecule has 0 N–H and O–H groups in total. The first-order chi connectivity index (χ1) is 11.1. The number of ether oxygens (including phenoxy) is 1. The molecule has 0 saturated heterocycles. The first-order valence-electron chi connectivity index (χ1n) is 7.09. The van der Waals surface area contributed by atoms with E-state index in [1.54, 1.807) is 10.9 Å². The fraction of sp³-hybridized carbons (Fsp3) is 0.188. The SMILES string of the molecule is Cn1cc(C=C2CCOc3nc4c(Br)cc(F)cc4nc32)cn1. The number of nitrogens with zero attached hydrogens (tertiary/aromatic N) is 4. The highest BCUT2D eigenvalue weighted by molar-refractivity contribution is 9.10. The van der Waals surface area contributed by atoms with Gasteiger partial charge in [-0.3, -0.25) is 4.68 Å². The van der Waals surface area contributed by atoms with Crippen LogP contribution in [0.1, 0.15) is 17.7 Å². The molecule has 0 amide bonds. The highest BCUT2D eigenvalue weighted by atomic mass is 79.9. The summed E-state index contributed by atoms with van der Waals surface area (Å²) in [5.74, 6) is 0.124. The lowest BCUT2D eigenvalue weighted by Crippen LogP contribution is -2.11. The van der Waals surface area contributed by atoms with Crippen LogP contribution < -0.4 is 4.74 Å². The molecule has 0 atom stereocenters. The van der Waals surface area contributed by atoms with E-state index in [0.717, 1.165) is 17.6 Å². The van der Waals surface area contributed by atoms with Crippen molar-refractivity contribution >= 4 is 38.6 Å². The van der Waals surface area contributed by atoms with Gasteiger partial charge in [0.25, 0.3) is 0 Å². The standard InChI is InChI=1S/C16H12BrFN4O/c1-22-8-9(7-19-22)4-10-2-3-23-16-14(10)20-13-6-11(18)5-12(17)15(13)21-16/h4-8H,2-3H2,1H3. The molecule has 1 aliphatic rings. The number of rotatable bonds is 1. The lowest BCUT2D eigenvalue weighted by atomic mass is 10.0. The van der Waals surface area contributed by atoms with E-state index in [1.165, 1.54) is 12.1 Å². The van der Waals surface area contributed by atoms with Gasteiger partial charge in [0, 0.05) is 35.8 Å². The van der Waals surface area contributed by atoms with Gasteiger partial charge in [-0.15, -0.1) is 0 Å². The van der Waals surface area contributed by atoms with Gasteiger partial charge in [0.05, 0.1) is 18.3 Å². The zero-order valence-electron chi connectivity index (χ0n) is 12.3. The fourth-order valence-electron chi connectivity index (χ4n) is 2.61. The summed E-state index contributed by atoms with van der Waals surface area (Å²) < 4.78 is 21.6. The summed E-state index contributed by atoms with van der Waals surface area (Å²) in [6.45, 7) is 0.540. The van der Waals surface area contributed by atoms with Gasteiger partial charge in [0.15, 0.2) is 0 Å². The molecule has 3 heterocycles. The third kappa shape index (κ3) is 2.61. The van der Waals surface area contributed by atoms with Gasteiger partial charge in [0.2, 0.25) is 5.88 Å². The molecule has 0 aliphatic carbocycles. The second kappa shape index (κ2) is 5.42. The molecular weight excluding hydrogens is 363 g/mol. The van der Waals surface area contributed by atoms with Gasteiger partial charge < -0.3 is 4.74 Å². The van der Waals surface area contributed by atoms with E-state index in [-0.39, 0.29) is 5.82 Å². The molecule has 2 aromatic heterocycles. The van der Waals surface area contributed by atoms with E-state index < -0.39 is 0 Å². The Balaban J connectivity index is 1.90. The third-order valence-corrected chi connectivity index (χ3v) is 4.24. The summed E-state index contributed by atoms with van der Waals surface area (Å²) in [6.07, 6.45) is 6.45. The molecule has 4 rings (SSSR count). The molecule has 7 heteroatoms. The fourth-order valence-corrected chi connectivity index (χ4v) is 3.12. The summed E-state index contributed by atoms with van der Waals surface area (Å²) in [4.78, 5) is 9.06. The molecular formula is C16H12BrFN4O. The van der Waals surface area contributed by atoms with Crippen LogP contribution in [0, 0.1) is 5.82 Å². The quantitative estimate of drug-likeness (QED) is 0.653. The molecule has 0 fully saturated rings. The van der Waals surface area contributed by atoms with E-state index in [0.29, 0.717) is 33.7 Å². The summed E-state index contributed by atoms with van der Waals surface area (Å²) >= 11 is 3.32. The molecule has 0 unspecified atom stereocenters. The summed E-state index contributed by atoms with van der Waals surface area (Å²) in [5, 5.41) is 4.16. The van der Waals surface area contributed by atoms with E-state index in [4.69, 9.17) is 4.74 Å². The van der Waals surface area contributed by atoms with Crippen molar-refractivity contribution in [2.45, 2.75) is 6.42 Å². The molecule has 3 aromatic rings. The van der Waals surface area contributed by atoms with Crippen LogP contribution in [0.5, 0.6) is 5.88 Å². The average Bonchev–Trinajstić information content (AvgIpc) is 2.91. The van der Waals surface area contributed by atoms with Crippen LogP contribution in [0.15, 0.2) is 29.0 Å². The Morgan fingerprint density at radius 3 is 3.00 bits per heavy atom. The third-order valence-electron chi connectivity index (χ3n) is 3.64. The normalized spacial score (nSPS) is 15.7. The maximum absolute atomic E-state index is 13.6. The van der Waals surface area contributed by atoms with Crippen LogP contribution in [-0.4, -0.2) is 26.4 Å². The Bertz CT molecular complexity index is 951. The molecule has 116 valence electrons. The Hall–Kier alpha value is -2.28. The molecule has 1 aliphatic heterocycles. The highest BCUT2D eigenvalue weighted by Gasteiger charge is 2.21. The number of aromatic nitrogens is 4. The van der Waals surface area contributed by atoms with Gasteiger partial charge in [-0.2, -0.15) is 5.10 Å². The summed E-state index contributed by atoms with van der Waals surface area (Å²) in [6, 6.07) is 2.75. The van der Waals surface area contributed by atoms with Crippen LogP contribution in [0.4, 0.5) is 4.39 Å². The molecule has 0 radical (unpaired) electrons. The van der Waals surface area contributed by atoms with Crippen molar-refractivity contribution in [1.29, 1.82) is 0 Å². The van der Waals surface area contributed by atoms with Crippen molar-refractivity contribution in [2.24, 2.45) is 7.05 Å². The number of aryl methyl sites for hydroxylation is 1. The average molecular weight is 375 g/mol. The van der Waals surface area contributed by atoms with Crippen molar-refractivity contribution in [2.75, 3.05) is 6.61 Å². The van der Waals surface area contributed by atoms with Crippen molar-refractivity contribution in [3.05, 3.63) is 46.1 Å². The topological polar surface area (TPSA) is 52.8 Å². The molecule has 5 nitrogen and oxygen atoms in total. The largest absolute Gasteiger partial charge is 0.476 e. The van der Waals surface area contributed by atoms with E-state index in [1.807, 2.05) is 19.3 Å². The monoisotopic (exact) mass is 374 g/mol. The van der Waals surface area contributed by atoms with Crippen molar-refractivity contribution < 1.29 is 9.13 Å². The van der Waals surface area contributed by atoms with Gasteiger partial charge >= 0.3 is 0 Å². The number of fused-ring (bicyclic) bond motifs is 2. The van der Waals surface area contributed by atoms with Crippen molar-refractivity contribution in [3.63, 3.8) is 0 Å². The van der Waals surface area contributed by atoms with Crippen LogP contribution in [0.2, 0.25) is 0 Å². The molecule has 0 spiro atoms. The van der Waals surface area contributed by atoms with Crippen molar-refractivity contribution in [3.8, 4) is 5.88 Å². The predicted molar refractivity (Wildman–Crippen MR) is 88.4 cm³/mol. The van der Waals surface area contributed by atoms with Crippen LogP contribution >= 0.6 is 15.9 Å².